The highest BCUT2D eigenvalue weighted by molar-refractivity contribution is 5.83. The van der Waals surface area contributed by atoms with E-state index in [0.717, 1.165) is 6.42 Å². The number of carbonyl (C=O) groups is 1. The van der Waals surface area contributed by atoms with Gasteiger partial charge in [-0.1, -0.05) is 34.6 Å². The van der Waals surface area contributed by atoms with Gasteiger partial charge in [-0.3, -0.25) is 4.79 Å². The monoisotopic (exact) mass is 198 g/mol. The fraction of sp³-hybridized carbons (Fsp3) is 0.917. The molecule has 0 aromatic heterocycles. The second-order valence-corrected chi connectivity index (χ2v) is 6.42. The number of rotatable bonds is 0. The maximum Gasteiger partial charge on any atom is 0.139 e. The second-order valence-electron chi connectivity index (χ2n) is 6.42. The Morgan fingerprint density at radius 1 is 1.36 bits per heavy atom. The lowest BCUT2D eigenvalue weighted by Gasteiger charge is -2.42. The number of ketones is 1. The lowest BCUT2D eigenvalue weighted by atomic mass is 9.63. The fourth-order valence-electron chi connectivity index (χ4n) is 2.61. The second kappa shape index (κ2) is 3.34. The van der Waals surface area contributed by atoms with Crippen molar-refractivity contribution in [2.45, 2.75) is 53.6 Å². The molecule has 1 fully saturated rings. The molecule has 1 aliphatic carbocycles. The van der Waals surface area contributed by atoms with Crippen LogP contribution in [0, 0.1) is 16.7 Å². The van der Waals surface area contributed by atoms with E-state index in [-0.39, 0.29) is 22.5 Å². The summed E-state index contributed by atoms with van der Waals surface area (Å²) >= 11 is 0. The number of hydrogen-bond acceptors (Lipinski definition) is 2. The Morgan fingerprint density at radius 3 is 2.21 bits per heavy atom. The third-order valence-corrected chi connectivity index (χ3v) is 3.08. The summed E-state index contributed by atoms with van der Waals surface area (Å²) in [6.07, 6.45) is 0.874. The zero-order valence-electron chi connectivity index (χ0n) is 9.92. The number of carbonyl (C=O) groups excluding carboxylic acids is 1. The Bertz CT molecular complexity index is 235. The van der Waals surface area contributed by atoms with E-state index in [2.05, 4.69) is 0 Å². The van der Waals surface area contributed by atoms with Gasteiger partial charge in [-0.25, -0.2) is 0 Å². The zero-order valence-corrected chi connectivity index (χ0v) is 9.92. The molecule has 0 heterocycles. The van der Waals surface area contributed by atoms with Crippen LogP contribution in [0.3, 0.4) is 0 Å². The van der Waals surface area contributed by atoms with Crippen molar-refractivity contribution in [2.75, 3.05) is 0 Å². The topological polar surface area (TPSA) is 37.3 Å². The molecule has 2 nitrogen and oxygen atoms in total. The molecule has 0 aromatic carbocycles. The number of hydrogen-bond donors (Lipinski definition) is 1. The summed E-state index contributed by atoms with van der Waals surface area (Å²) in [6.45, 7) is 10.2. The average molecular weight is 198 g/mol. The lowest BCUT2D eigenvalue weighted by molar-refractivity contribution is -0.140. The van der Waals surface area contributed by atoms with E-state index in [1.165, 1.54) is 0 Å². The molecule has 0 saturated heterocycles. The van der Waals surface area contributed by atoms with Gasteiger partial charge in [0.15, 0.2) is 0 Å². The molecule has 82 valence electrons. The summed E-state index contributed by atoms with van der Waals surface area (Å²) in [5, 5.41) is 9.99. The summed E-state index contributed by atoms with van der Waals surface area (Å²) in [6, 6.07) is 0. The maximum atomic E-state index is 11.9. The standard InChI is InChI=1S/C12H22O2/c1-11(2,3)10-8(13)6-12(4,5)7-9(10)14/h8,10,13H,6-7H2,1-5H3. The van der Waals surface area contributed by atoms with Gasteiger partial charge >= 0.3 is 0 Å². The first-order valence-electron chi connectivity index (χ1n) is 5.34. The van der Waals surface area contributed by atoms with Gasteiger partial charge in [-0.2, -0.15) is 0 Å². The molecule has 14 heavy (non-hydrogen) atoms. The smallest absolute Gasteiger partial charge is 0.139 e. The van der Waals surface area contributed by atoms with Gasteiger partial charge in [0.25, 0.3) is 0 Å². The van der Waals surface area contributed by atoms with Gasteiger partial charge in [-0.05, 0) is 17.3 Å². The first kappa shape index (κ1) is 11.7. The molecule has 0 aromatic rings. The molecule has 0 spiro atoms. The molecule has 1 N–H and O–H groups in total. The molecule has 1 aliphatic rings. The van der Waals surface area contributed by atoms with Gasteiger partial charge in [0, 0.05) is 12.3 Å². The van der Waals surface area contributed by atoms with Crippen molar-refractivity contribution in [3.63, 3.8) is 0 Å². The van der Waals surface area contributed by atoms with E-state index in [4.69, 9.17) is 0 Å². The van der Waals surface area contributed by atoms with E-state index < -0.39 is 6.10 Å². The van der Waals surface area contributed by atoms with Crippen molar-refractivity contribution >= 4 is 5.78 Å². The van der Waals surface area contributed by atoms with E-state index in [1.54, 1.807) is 0 Å². The van der Waals surface area contributed by atoms with Crippen LogP contribution >= 0.6 is 0 Å². The maximum absolute atomic E-state index is 11.9. The van der Waals surface area contributed by atoms with Crippen LogP contribution in [-0.2, 0) is 4.79 Å². The van der Waals surface area contributed by atoms with Crippen LogP contribution in [0.25, 0.3) is 0 Å². The molecule has 2 unspecified atom stereocenters. The van der Waals surface area contributed by atoms with Crippen molar-refractivity contribution in [2.24, 2.45) is 16.7 Å². The van der Waals surface area contributed by atoms with Crippen molar-refractivity contribution in [1.29, 1.82) is 0 Å². The van der Waals surface area contributed by atoms with Crippen LogP contribution in [0.4, 0.5) is 0 Å². The minimum Gasteiger partial charge on any atom is -0.392 e. The zero-order chi connectivity index (χ0) is 11.1. The van der Waals surface area contributed by atoms with Gasteiger partial charge in [-0.15, -0.1) is 0 Å². The van der Waals surface area contributed by atoms with Crippen LogP contribution in [0.15, 0.2) is 0 Å². The summed E-state index contributed by atoms with van der Waals surface area (Å²) < 4.78 is 0. The molecule has 2 heteroatoms. The lowest BCUT2D eigenvalue weighted by Crippen LogP contribution is -2.46. The molecule has 2 atom stereocenters. The minimum atomic E-state index is -0.466. The van der Waals surface area contributed by atoms with Crippen molar-refractivity contribution in [3.8, 4) is 0 Å². The Labute approximate surface area is 86.7 Å². The minimum absolute atomic E-state index is 0.0295. The van der Waals surface area contributed by atoms with E-state index in [9.17, 15) is 9.90 Å². The molecule has 0 radical (unpaired) electrons. The highest BCUT2D eigenvalue weighted by Gasteiger charge is 2.44. The van der Waals surface area contributed by atoms with E-state index in [1.807, 2.05) is 34.6 Å². The molecule has 0 bridgehead atoms. The van der Waals surface area contributed by atoms with Crippen LogP contribution in [0.1, 0.15) is 47.5 Å². The number of Topliss-reactive ketones (excluding diaryl/α,β-unsaturated/α-hetero) is 1. The summed E-state index contributed by atoms with van der Waals surface area (Å²) in [5.74, 6) is 0.0387. The Balaban J connectivity index is 2.87. The third-order valence-electron chi connectivity index (χ3n) is 3.08. The first-order chi connectivity index (χ1) is 6.13. The normalized spacial score (nSPS) is 33.1. The highest BCUT2D eigenvalue weighted by atomic mass is 16.3. The van der Waals surface area contributed by atoms with Gasteiger partial charge in [0.1, 0.15) is 5.78 Å². The van der Waals surface area contributed by atoms with Gasteiger partial charge in [0.05, 0.1) is 6.10 Å². The molecule has 1 saturated carbocycles. The predicted octanol–water partition coefficient (Wildman–Crippen LogP) is 2.40. The molecular formula is C12H22O2. The summed E-state index contributed by atoms with van der Waals surface area (Å²) in [7, 11) is 0. The highest BCUT2D eigenvalue weighted by Crippen LogP contribution is 2.42. The fourth-order valence-corrected chi connectivity index (χ4v) is 2.61. The SMILES string of the molecule is CC1(C)CC(=O)C(C(C)(C)C)C(O)C1. The predicted molar refractivity (Wildman–Crippen MR) is 57.0 cm³/mol. The summed E-state index contributed by atoms with van der Waals surface area (Å²) in [5.41, 5.74) is -0.148. The van der Waals surface area contributed by atoms with Crippen molar-refractivity contribution < 1.29 is 9.90 Å². The van der Waals surface area contributed by atoms with E-state index >= 15 is 0 Å². The largest absolute Gasteiger partial charge is 0.392 e. The molecule has 0 aliphatic heterocycles. The Morgan fingerprint density at radius 2 is 1.86 bits per heavy atom. The third kappa shape index (κ3) is 2.35. The Hall–Kier alpha value is -0.370. The molecule has 0 amide bonds. The van der Waals surface area contributed by atoms with Crippen LogP contribution in [0.5, 0.6) is 0 Å². The number of aliphatic hydroxyl groups excluding tert-OH is 1. The molecule has 1 rings (SSSR count). The van der Waals surface area contributed by atoms with E-state index in [0.29, 0.717) is 6.42 Å². The molecular weight excluding hydrogens is 176 g/mol. The van der Waals surface area contributed by atoms with Crippen LogP contribution in [0.2, 0.25) is 0 Å². The van der Waals surface area contributed by atoms with Gasteiger partial charge in [0.2, 0.25) is 0 Å². The van der Waals surface area contributed by atoms with Crippen molar-refractivity contribution in [3.05, 3.63) is 0 Å². The van der Waals surface area contributed by atoms with Crippen molar-refractivity contribution in [1.82, 2.24) is 0 Å². The van der Waals surface area contributed by atoms with Crippen LogP contribution < -0.4 is 0 Å². The van der Waals surface area contributed by atoms with Crippen LogP contribution in [-0.4, -0.2) is 17.0 Å². The quantitative estimate of drug-likeness (QED) is 0.649. The Kier molecular flexibility index (Phi) is 2.79. The first-order valence-corrected chi connectivity index (χ1v) is 5.34. The summed E-state index contributed by atoms with van der Waals surface area (Å²) in [4.78, 5) is 11.9. The van der Waals surface area contributed by atoms with Gasteiger partial charge < -0.3 is 5.11 Å². The number of aliphatic hydroxyl groups is 1. The average Bonchev–Trinajstić information content (AvgIpc) is 1.75.